The number of benzene rings is 2. The van der Waals surface area contributed by atoms with Crippen LogP contribution in [-0.2, 0) is 9.84 Å². The van der Waals surface area contributed by atoms with E-state index < -0.39 is 20.9 Å². The van der Waals surface area contributed by atoms with Crippen LogP contribution in [0.3, 0.4) is 0 Å². The maximum Gasteiger partial charge on any atom is 0.188 e. The van der Waals surface area contributed by atoms with Crippen molar-refractivity contribution < 1.29 is 13.2 Å². The third kappa shape index (κ3) is 2.99. The lowest BCUT2D eigenvalue weighted by Crippen LogP contribution is -2.27. The van der Waals surface area contributed by atoms with Crippen molar-refractivity contribution in [2.45, 2.75) is 17.1 Å². The molecule has 0 spiro atoms. The number of carbonyl (C=O) groups is 1. The van der Waals surface area contributed by atoms with Crippen LogP contribution in [0.15, 0.2) is 64.0 Å². The zero-order chi connectivity index (χ0) is 14.8. The van der Waals surface area contributed by atoms with Crippen LogP contribution in [0.25, 0.3) is 0 Å². The molecule has 0 fully saturated rings. The molecule has 3 nitrogen and oxygen atoms in total. The highest BCUT2D eigenvalue weighted by molar-refractivity contribution is 9.10. The van der Waals surface area contributed by atoms with Gasteiger partial charge in [-0.1, -0.05) is 46.3 Å². The molecule has 2 rings (SSSR count). The van der Waals surface area contributed by atoms with E-state index in [4.69, 9.17) is 0 Å². The smallest absolute Gasteiger partial charge is 0.188 e. The van der Waals surface area contributed by atoms with Crippen LogP contribution >= 0.6 is 15.9 Å². The Morgan fingerprint density at radius 3 is 2.10 bits per heavy atom. The monoisotopic (exact) mass is 352 g/mol. The Kier molecular flexibility index (Phi) is 4.40. The average molecular weight is 353 g/mol. The predicted molar refractivity (Wildman–Crippen MR) is 81.6 cm³/mol. The van der Waals surface area contributed by atoms with Gasteiger partial charge in [-0.2, -0.15) is 0 Å². The van der Waals surface area contributed by atoms with Crippen molar-refractivity contribution in [1.29, 1.82) is 0 Å². The molecule has 0 saturated carbocycles. The van der Waals surface area contributed by atoms with Gasteiger partial charge in [-0.05, 0) is 31.2 Å². The van der Waals surface area contributed by atoms with E-state index >= 15 is 0 Å². The van der Waals surface area contributed by atoms with Crippen LogP contribution < -0.4 is 0 Å². The van der Waals surface area contributed by atoms with Gasteiger partial charge in [0.2, 0.25) is 0 Å². The van der Waals surface area contributed by atoms with E-state index in [1.165, 1.54) is 19.1 Å². The van der Waals surface area contributed by atoms with Gasteiger partial charge in [-0.25, -0.2) is 8.42 Å². The second kappa shape index (κ2) is 5.89. The normalized spacial score (nSPS) is 12.9. The van der Waals surface area contributed by atoms with Crippen molar-refractivity contribution in [3.63, 3.8) is 0 Å². The highest BCUT2D eigenvalue weighted by atomic mass is 79.9. The Labute approximate surface area is 126 Å². The van der Waals surface area contributed by atoms with E-state index in [0.29, 0.717) is 5.56 Å². The Hall–Kier alpha value is -1.46. The number of sulfone groups is 1. The predicted octanol–water partition coefficient (Wildman–Crippen LogP) is 3.49. The molecule has 0 aliphatic heterocycles. The molecular formula is C15H13BrO3S. The minimum absolute atomic E-state index is 0.150. The first kappa shape index (κ1) is 14.9. The summed E-state index contributed by atoms with van der Waals surface area (Å²) in [6.07, 6.45) is 0. The third-order valence-corrected chi connectivity index (χ3v) is 5.64. The molecule has 1 unspecified atom stereocenters. The molecule has 2 aromatic rings. The quantitative estimate of drug-likeness (QED) is 0.791. The lowest BCUT2D eigenvalue weighted by Gasteiger charge is -2.12. The second-order valence-corrected chi connectivity index (χ2v) is 7.56. The molecule has 1 atom stereocenters. The van der Waals surface area contributed by atoms with Gasteiger partial charge in [0.1, 0.15) is 5.25 Å². The number of rotatable bonds is 4. The van der Waals surface area contributed by atoms with Crippen LogP contribution in [-0.4, -0.2) is 19.5 Å². The van der Waals surface area contributed by atoms with Crippen LogP contribution in [0.4, 0.5) is 0 Å². The van der Waals surface area contributed by atoms with Crippen LogP contribution in [0.5, 0.6) is 0 Å². The van der Waals surface area contributed by atoms with Crippen molar-refractivity contribution in [3.8, 4) is 0 Å². The summed E-state index contributed by atoms with van der Waals surface area (Å²) in [6, 6.07) is 14.7. The third-order valence-electron chi connectivity index (χ3n) is 3.04. The lowest BCUT2D eigenvalue weighted by molar-refractivity contribution is 0.0991. The second-order valence-electron chi connectivity index (χ2n) is 4.37. The van der Waals surface area contributed by atoms with Gasteiger partial charge >= 0.3 is 0 Å². The molecule has 104 valence electrons. The van der Waals surface area contributed by atoms with Gasteiger partial charge in [0, 0.05) is 10.0 Å². The molecule has 2 aromatic carbocycles. The molecule has 0 radical (unpaired) electrons. The van der Waals surface area contributed by atoms with E-state index in [0.717, 1.165) is 4.47 Å². The topological polar surface area (TPSA) is 51.2 Å². The first-order valence-electron chi connectivity index (χ1n) is 6.01. The fourth-order valence-electron chi connectivity index (χ4n) is 1.81. The van der Waals surface area contributed by atoms with Crippen molar-refractivity contribution in [2.75, 3.05) is 0 Å². The van der Waals surface area contributed by atoms with Crippen molar-refractivity contribution in [3.05, 3.63) is 64.6 Å². The number of halogens is 1. The van der Waals surface area contributed by atoms with Gasteiger partial charge < -0.3 is 0 Å². The molecule has 0 bridgehead atoms. The van der Waals surface area contributed by atoms with Crippen molar-refractivity contribution >= 4 is 31.6 Å². The number of ketones is 1. The molecule has 20 heavy (non-hydrogen) atoms. The molecule has 0 N–H and O–H groups in total. The zero-order valence-electron chi connectivity index (χ0n) is 10.8. The molecule has 5 heteroatoms. The molecule has 0 aromatic heterocycles. The van der Waals surface area contributed by atoms with E-state index in [-0.39, 0.29) is 4.90 Å². The summed E-state index contributed by atoms with van der Waals surface area (Å²) in [5.74, 6) is -0.395. The van der Waals surface area contributed by atoms with E-state index in [9.17, 15) is 13.2 Å². The van der Waals surface area contributed by atoms with E-state index in [2.05, 4.69) is 15.9 Å². The maximum absolute atomic E-state index is 12.4. The lowest BCUT2D eigenvalue weighted by atomic mass is 10.1. The summed E-state index contributed by atoms with van der Waals surface area (Å²) in [6.45, 7) is 1.42. The summed E-state index contributed by atoms with van der Waals surface area (Å²) in [5, 5.41) is -1.11. The summed E-state index contributed by atoms with van der Waals surface area (Å²) in [4.78, 5) is 12.4. The zero-order valence-corrected chi connectivity index (χ0v) is 13.2. The fourth-order valence-corrected chi connectivity index (χ4v) is 3.41. The van der Waals surface area contributed by atoms with Gasteiger partial charge in [0.25, 0.3) is 0 Å². The minimum Gasteiger partial charge on any atom is -0.293 e. The SMILES string of the molecule is CC(C(=O)c1ccccc1)S(=O)(=O)c1ccc(Br)cc1. The number of hydrogen-bond acceptors (Lipinski definition) is 3. The first-order chi connectivity index (χ1) is 9.43. The molecule has 0 aliphatic carbocycles. The molecule has 0 heterocycles. The maximum atomic E-state index is 12.4. The highest BCUT2D eigenvalue weighted by Gasteiger charge is 2.30. The summed E-state index contributed by atoms with van der Waals surface area (Å²) >= 11 is 3.25. The minimum atomic E-state index is -3.67. The number of hydrogen-bond donors (Lipinski definition) is 0. The molecule has 0 aliphatic rings. The average Bonchev–Trinajstić information content (AvgIpc) is 2.47. The van der Waals surface area contributed by atoms with Crippen LogP contribution in [0, 0.1) is 0 Å². The van der Waals surface area contributed by atoms with Crippen LogP contribution in [0.1, 0.15) is 17.3 Å². The summed E-state index contributed by atoms with van der Waals surface area (Å²) in [7, 11) is -3.67. The molecular weight excluding hydrogens is 340 g/mol. The first-order valence-corrected chi connectivity index (χ1v) is 8.35. The van der Waals surface area contributed by atoms with Gasteiger partial charge in [0.05, 0.1) is 4.90 Å². The Balaban J connectivity index is 2.35. The Morgan fingerprint density at radius 1 is 1.00 bits per heavy atom. The van der Waals surface area contributed by atoms with E-state index in [1.807, 2.05) is 0 Å². The van der Waals surface area contributed by atoms with Crippen LogP contribution in [0.2, 0.25) is 0 Å². The van der Waals surface area contributed by atoms with E-state index in [1.54, 1.807) is 42.5 Å². The van der Waals surface area contributed by atoms with Gasteiger partial charge in [-0.3, -0.25) is 4.79 Å². The summed E-state index contributed by atoms with van der Waals surface area (Å²) in [5.41, 5.74) is 0.403. The molecule has 0 saturated heterocycles. The largest absolute Gasteiger partial charge is 0.293 e. The van der Waals surface area contributed by atoms with Gasteiger partial charge in [-0.15, -0.1) is 0 Å². The van der Waals surface area contributed by atoms with Crippen molar-refractivity contribution in [2.24, 2.45) is 0 Å². The Bertz CT molecular complexity index is 707. The fraction of sp³-hybridized carbons (Fsp3) is 0.133. The highest BCUT2D eigenvalue weighted by Crippen LogP contribution is 2.21. The van der Waals surface area contributed by atoms with Crippen molar-refractivity contribution in [1.82, 2.24) is 0 Å². The number of carbonyl (C=O) groups excluding carboxylic acids is 1. The number of Topliss-reactive ketones (excluding diaryl/α,β-unsaturated/α-hetero) is 1. The Morgan fingerprint density at radius 2 is 1.55 bits per heavy atom. The molecule has 0 amide bonds. The van der Waals surface area contributed by atoms with Gasteiger partial charge in [0.15, 0.2) is 15.6 Å². The summed E-state index contributed by atoms with van der Waals surface area (Å²) < 4.78 is 25.6. The standard InChI is InChI=1S/C15H13BrO3S/c1-11(15(17)12-5-3-2-4-6-12)20(18,19)14-9-7-13(16)8-10-14/h2-11H,1H3.